The second-order valence-electron chi connectivity index (χ2n) is 7.87. The summed E-state index contributed by atoms with van der Waals surface area (Å²) in [5.41, 5.74) is 5.20. The molecule has 29 heavy (non-hydrogen) atoms. The van der Waals surface area contributed by atoms with Gasteiger partial charge in [-0.25, -0.2) is 8.42 Å². The first-order chi connectivity index (χ1) is 13.8. The van der Waals surface area contributed by atoms with Gasteiger partial charge in [-0.15, -0.1) is 0 Å². The third-order valence-electron chi connectivity index (χ3n) is 5.71. The van der Waals surface area contributed by atoms with Crippen LogP contribution in [-0.2, 0) is 21.2 Å². The molecule has 1 aliphatic rings. The Bertz CT molecular complexity index is 985. The summed E-state index contributed by atoms with van der Waals surface area (Å²) < 4.78 is 26.1. The van der Waals surface area contributed by atoms with Gasteiger partial charge in [0.1, 0.15) is 0 Å². The summed E-state index contributed by atoms with van der Waals surface area (Å²) in [5.74, 6) is -0.0267. The van der Waals surface area contributed by atoms with E-state index in [2.05, 4.69) is 17.4 Å². The van der Waals surface area contributed by atoms with Gasteiger partial charge < -0.3 is 5.32 Å². The molecule has 0 aromatic heterocycles. The molecular formula is C23H30N2O3S. The van der Waals surface area contributed by atoms with E-state index in [9.17, 15) is 13.2 Å². The van der Waals surface area contributed by atoms with E-state index in [1.54, 1.807) is 0 Å². The molecule has 156 valence electrons. The van der Waals surface area contributed by atoms with Gasteiger partial charge in [0.2, 0.25) is 15.9 Å². The Hall–Kier alpha value is -2.34. The summed E-state index contributed by atoms with van der Waals surface area (Å²) in [6.07, 6.45) is 5.06. The Balaban J connectivity index is 1.62. The normalized spacial score (nSPS) is 16.2. The van der Waals surface area contributed by atoms with Crippen molar-refractivity contribution in [3.8, 4) is 0 Å². The van der Waals surface area contributed by atoms with E-state index in [1.807, 2.05) is 44.2 Å². The van der Waals surface area contributed by atoms with E-state index < -0.39 is 10.0 Å². The van der Waals surface area contributed by atoms with Crippen molar-refractivity contribution in [2.75, 3.05) is 17.1 Å². The van der Waals surface area contributed by atoms with Crippen LogP contribution in [0.15, 0.2) is 42.5 Å². The Kier molecular flexibility index (Phi) is 6.63. The van der Waals surface area contributed by atoms with Gasteiger partial charge in [0, 0.05) is 13.0 Å². The molecule has 5 nitrogen and oxygen atoms in total. The highest BCUT2D eigenvalue weighted by molar-refractivity contribution is 7.92. The molecule has 1 atom stereocenters. The van der Waals surface area contributed by atoms with Crippen molar-refractivity contribution in [2.24, 2.45) is 0 Å². The number of fused-ring (bicyclic) bond motifs is 1. The lowest BCUT2D eigenvalue weighted by Crippen LogP contribution is -2.34. The third-order valence-corrected chi connectivity index (χ3v) is 6.89. The fraction of sp³-hybridized carbons (Fsp3) is 0.435. The van der Waals surface area contributed by atoms with E-state index in [4.69, 9.17) is 0 Å². The molecule has 0 aliphatic heterocycles. The van der Waals surface area contributed by atoms with E-state index in [-0.39, 0.29) is 18.5 Å². The number of amides is 1. The number of nitrogens with one attached hydrogen (secondary N) is 1. The topological polar surface area (TPSA) is 66.5 Å². The first-order valence-electron chi connectivity index (χ1n) is 10.2. The summed E-state index contributed by atoms with van der Waals surface area (Å²) in [5, 5.41) is 3.14. The van der Waals surface area contributed by atoms with Crippen LogP contribution in [-0.4, -0.2) is 27.1 Å². The van der Waals surface area contributed by atoms with Crippen LogP contribution in [0.3, 0.4) is 0 Å². The summed E-state index contributed by atoms with van der Waals surface area (Å²) in [6, 6.07) is 14.0. The number of carbonyl (C=O) groups excluding carboxylic acids is 1. The molecule has 1 unspecified atom stereocenters. The smallest absolute Gasteiger partial charge is 0.232 e. The zero-order valence-electron chi connectivity index (χ0n) is 17.4. The SMILES string of the molecule is Cc1cccc(N(CCCC(=O)NC2CCCc3ccccc32)S(C)(=O)=O)c1C. The number of rotatable bonds is 7. The monoisotopic (exact) mass is 414 g/mol. The fourth-order valence-electron chi connectivity index (χ4n) is 4.02. The molecule has 0 heterocycles. The van der Waals surface area contributed by atoms with Crippen LogP contribution in [0.5, 0.6) is 0 Å². The van der Waals surface area contributed by atoms with Gasteiger partial charge in [-0.2, -0.15) is 0 Å². The van der Waals surface area contributed by atoms with Gasteiger partial charge in [-0.05, 0) is 67.9 Å². The first-order valence-corrected chi connectivity index (χ1v) is 12.0. The fourth-order valence-corrected chi connectivity index (χ4v) is 5.04. The number of carbonyl (C=O) groups is 1. The predicted octanol–water partition coefficient (Wildman–Crippen LogP) is 4.04. The minimum atomic E-state index is -3.42. The lowest BCUT2D eigenvalue weighted by molar-refractivity contribution is -0.122. The largest absolute Gasteiger partial charge is 0.349 e. The van der Waals surface area contributed by atoms with Crippen molar-refractivity contribution in [3.05, 3.63) is 64.7 Å². The molecule has 2 aromatic rings. The summed E-state index contributed by atoms with van der Waals surface area (Å²) in [6.45, 7) is 4.18. The van der Waals surface area contributed by atoms with E-state index >= 15 is 0 Å². The quantitative estimate of drug-likeness (QED) is 0.743. The average Bonchev–Trinajstić information content (AvgIpc) is 2.67. The zero-order valence-corrected chi connectivity index (χ0v) is 18.3. The first kappa shape index (κ1) is 21.4. The van der Waals surface area contributed by atoms with Crippen LogP contribution in [0.1, 0.15) is 54.0 Å². The number of benzene rings is 2. The minimum absolute atomic E-state index is 0.0267. The summed E-state index contributed by atoms with van der Waals surface area (Å²) in [4.78, 5) is 12.5. The van der Waals surface area contributed by atoms with Crippen molar-refractivity contribution in [3.63, 3.8) is 0 Å². The highest BCUT2D eigenvalue weighted by Gasteiger charge is 2.23. The number of hydrogen-bond acceptors (Lipinski definition) is 3. The van der Waals surface area contributed by atoms with Crippen LogP contribution in [0.4, 0.5) is 5.69 Å². The number of hydrogen-bond donors (Lipinski definition) is 1. The van der Waals surface area contributed by atoms with E-state index in [0.717, 1.165) is 30.4 Å². The van der Waals surface area contributed by atoms with Crippen LogP contribution < -0.4 is 9.62 Å². The second kappa shape index (κ2) is 8.99. The standard InChI is InChI=1S/C23H30N2O3S/c1-17-9-6-14-22(18(17)2)25(29(3,27)28)16-8-15-23(26)24-21-13-7-11-19-10-4-5-12-20(19)21/h4-6,9-10,12,14,21H,7-8,11,13,15-16H2,1-3H3,(H,24,26). The number of sulfonamides is 1. The highest BCUT2D eigenvalue weighted by Crippen LogP contribution is 2.29. The zero-order chi connectivity index (χ0) is 21.0. The molecule has 0 saturated heterocycles. The van der Waals surface area contributed by atoms with Crippen LogP contribution in [0, 0.1) is 13.8 Å². The minimum Gasteiger partial charge on any atom is -0.349 e. The van der Waals surface area contributed by atoms with Gasteiger partial charge >= 0.3 is 0 Å². The Morgan fingerprint density at radius 2 is 1.90 bits per heavy atom. The molecule has 0 radical (unpaired) electrons. The van der Waals surface area contributed by atoms with Crippen molar-refractivity contribution in [1.29, 1.82) is 0 Å². The van der Waals surface area contributed by atoms with Crippen LogP contribution in [0.2, 0.25) is 0 Å². The highest BCUT2D eigenvalue weighted by atomic mass is 32.2. The van der Waals surface area contributed by atoms with E-state index in [0.29, 0.717) is 18.5 Å². The maximum absolute atomic E-state index is 12.5. The summed E-state index contributed by atoms with van der Waals surface area (Å²) >= 11 is 0. The number of aryl methyl sites for hydroxylation is 2. The molecule has 3 rings (SSSR count). The summed E-state index contributed by atoms with van der Waals surface area (Å²) in [7, 11) is -3.42. The molecule has 0 saturated carbocycles. The molecule has 1 amide bonds. The van der Waals surface area contributed by atoms with Crippen LogP contribution >= 0.6 is 0 Å². The average molecular weight is 415 g/mol. The molecule has 6 heteroatoms. The van der Waals surface area contributed by atoms with Gasteiger partial charge in [0.15, 0.2) is 0 Å². The van der Waals surface area contributed by atoms with Gasteiger partial charge in [-0.3, -0.25) is 9.10 Å². The van der Waals surface area contributed by atoms with Gasteiger partial charge in [-0.1, -0.05) is 36.4 Å². The molecule has 0 fully saturated rings. The maximum Gasteiger partial charge on any atom is 0.232 e. The van der Waals surface area contributed by atoms with Crippen LogP contribution in [0.25, 0.3) is 0 Å². The lowest BCUT2D eigenvalue weighted by Gasteiger charge is -2.27. The molecule has 1 aliphatic carbocycles. The lowest BCUT2D eigenvalue weighted by atomic mass is 9.87. The third kappa shape index (κ3) is 5.18. The molecule has 1 N–H and O–H groups in total. The number of anilines is 1. The Labute approximate surface area is 174 Å². The Morgan fingerprint density at radius 1 is 1.14 bits per heavy atom. The second-order valence-corrected chi connectivity index (χ2v) is 9.78. The van der Waals surface area contributed by atoms with Crippen molar-refractivity contribution in [2.45, 2.75) is 52.0 Å². The van der Waals surface area contributed by atoms with Gasteiger partial charge in [0.25, 0.3) is 0 Å². The van der Waals surface area contributed by atoms with Crippen molar-refractivity contribution >= 4 is 21.6 Å². The molecule has 0 spiro atoms. The Morgan fingerprint density at radius 3 is 2.66 bits per heavy atom. The van der Waals surface area contributed by atoms with Crippen molar-refractivity contribution < 1.29 is 13.2 Å². The molecular weight excluding hydrogens is 384 g/mol. The maximum atomic E-state index is 12.5. The molecule has 2 aromatic carbocycles. The van der Waals surface area contributed by atoms with Crippen molar-refractivity contribution in [1.82, 2.24) is 5.32 Å². The van der Waals surface area contributed by atoms with Gasteiger partial charge in [0.05, 0.1) is 18.0 Å². The van der Waals surface area contributed by atoms with E-state index in [1.165, 1.54) is 21.7 Å². The molecule has 0 bridgehead atoms. The predicted molar refractivity (Wildman–Crippen MR) is 118 cm³/mol. The number of nitrogens with zero attached hydrogens (tertiary/aromatic N) is 1.